The molecule has 4 heavy (non-hydrogen) atoms. The van der Waals surface area contributed by atoms with E-state index in [1.165, 1.54) is 0 Å². The van der Waals surface area contributed by atoms with Crippen molar-refractivity contribution in [1.29, 1.82) is 0 Å². The molecular weight excluding hydrogens is 262 g/mol. The third-order valence-electron chi connectivity index (χ3n) is 0. The standard InChI is InChI=1S/3Al.Ta.9H. The summed E-state index contributed by atoms with van der Waals surface area (Å²) >= 11 is 0. The Labute approximate surface area is 73.6 Å². The Morgan fingerprint density at radius 1 is 0.500 bits per heavy atom. The molecule has 0 saturated heterocycles. The first-order valence-corrected chi connectivity index (χ1v) is 0. The number of hydrogen-bond acceptors (Lipinski definition) is 0. The van der Waals surface area contributed by atoms with Crippen molar-refractivity contribution in [1.82, 2.24) is 0 Å². The predicted octanol–water partition coefficient (Wildman–Crippen LogP) is -3.55. The molecule has 0 aliphatic heterocycles. The summed E-state index contributed by atoms with van der Waals surface area (Å²) in [6.07, 6.45) is 0. The van der Waals surface area contributed by atoms with Gasteiger partial charge in [0.15, 0.2) is 52.1 Å². The van der Waals surface area contributed by atoms with Crippen LogP contribution in [0.15, 0.2) is 0 Å². The SMILES string of the molecule is [AlH3].[AlH3].[AlH3].[Ta]. The van der Waals surface area contributed by atoms with Crippen LogP contribution in [0.25, 0.3) is 0 Å². The zero-order chi connectivity index (χ0) is 0. The smallest absolute Gasteiger partial charge is 0 e. The summed E-state index contributed by atoms with van der Waals surface area (Å²) in [4.78, 5) is 0. The molecule has 0 unspecified atom stereocenters. The van der Waals surface area contributed by atoms with Gasteiger partial charge in [0, 0.05) is 22.4 Å². The van der Waals surface area contributed by atoms with Crippen molar-refractivity contribution in [3.63, 3.8) is 0 Å². The van der Waals surface area contributed by atoms with Gasteiger partial charge in [-0.3, -0.25) is 0 Å². The van der Waals surface area contributed by atoms with Gasteiger partial charge in [-0.05, 0) is 0 Å². The minimum absolute atomic E-state index is 0. The maximum absolute atomic E-state index is 0. The fraction of sp³-hybridized carbons (Fsp3) is 0. The molecule has 0 fully saturated rings. The molecule has 0 aliphatic rings. The van der Waals surface area contributed by atoms with Gasteiger partial charge >= 0.3 is 0 Å². The molecule has 23 valence electrons. The van der Waals surface area contributed by atoms with Crippen molar-refractivity contribution in [3.05, 3.63) is 0 Å². The van der Waals surface area contributed by atoms with Crippen molar-refractivity contribution < 1.29 is 22.4 Å². The molecule has 0 aromatic heterocycles. The van der Waals surface area contributed by atoms with Gasteiger partial charge < -0.3 is 0 Å². The Kier molecular flexibility index (Phi) is 152. The first-order valence-electron chi connectivity index (χ1n) is 0. The van der Waals surface area contributed by atoms with Crippen LogP contribution in [0.2, 0.25) is 0 Å². The van der Waals surface area contributed by atoms with E-state index in [1.54, 1.807) is 0 Å². The Hall–Kier alpha value is 2.34. The van der Waals surface area contributed by atoms with Crippen molar-refractivity contribution in [2.24, 2.45) is 0 Å². The summed E-state index contributed by atoms with van der Waals surface area (Å²) < 4.78 is 0. The Morgan fingerprint density at radius 2 is 0.500 bits per heavy atom. The second-order valence-electron chi connectivity index (χ2n) is 0. The van der Waals surface area contributed by atoms with E-state index in [9.17, 15) is 0 Å². The summed E-state index contributed by atoms with van der Waals surface area (Å²) in [6.45, 7) is 0. The fourth-order valence-electron chi connectivity index (χ4n) is 0. The molecule has 0 N–H and O–H groups in total. The van der Waals surface area contributed by atoms with Crippen molar-refractivity contribution in [3.8, 4) is 0 Å². The van der Waals surface area contributed by atoms with E-state index in [0.29, 0.717) is 0 Å². The van der Waals surface area contributed by atoms with Gasteiger partial charge in [0.05, 0.1) is 0 Å². The molecule has 0 aromatic rings. The molecule has 0 heterocycles. The third kappa shape index (κ3) is 8.84. The van der Waals surface area contributed by atoms with Crippen LogP contribution in [-0.2, 0) is 22.4 Å². The van der Waals surface area contributed by atoms with Crippen LogP contribution in [0.4, 0.5) is 0 Å². The van der Waals surface area contributed by atoms with Crippen LogP contribution in [0.1, 0.15) is 0 Å². The molecule has 0 amide bonds. The van der Waals surface area contributed by atoms with Gasteiger partial charge in [0.1, 0.15) is 0 Å². The van der Waals surface area contributed by atoms with E-state index < -0.39 is 0 Å². The van der Waals surface area contributed by atoms with Crippen LogP contribution in [0.5, 0.6) is 0 Å². The third-order valence-corrected chi connectivity index (χ3v) is 0. The summed E-state index contributed by atoms with van der Waals surface area (Å²) in [7, 11) is 0. The fourth-order valence-corrected chi connectivity index (χ4v) is 0. The molecule has 0 atom stereocenters. The van der Waals surface area contributed by atoms with Crippen LogP contribution in [0.3, 0.4) is 0 Å². The normalized spacial score (nSPS) is 0. The predicted molar refractivity (Wildman–Crippen MR) is 29.8 cm³/mol. The molecule has 0 aromatic carbocycles. The Bertz CT molecular complexity index is 3.25. The molecule has 0 spiro atoms. The second-order valence-corrected chi connectivity index (χ2v) is 0. The first-order chi connectivity index (χ1) is 0. The van der Waals surface area contributed by atoms with E-state index >= 15 is 0 Å². The van der Waals surface area contributed by atoms with E-state index in [0.717, 1.165) is 0 Å². The van der Waals surface area contributed by atoms with Crippen LogP contribution in [0, 0.1) is 0 Å². The molecular formula is H9Al3Ta. The van der Waals surface area contributed by atoms with Crippen LogP contribution in [-0.4, -0.2) is 52.1 Å². The number of hydrogen-bond donors (Lipinski definition) is 0. The van der Waals surface area contributed by atoms with Crippen molar-refractivity contribution in [2.45, 2.75) is 0 Å². The van der Waals surface area contributed by atoms with Crippen LogP contribution >= 0.6 is 0 Å². The summed E-state index contributed by atoms with van der Waals surface area (Å²) in [5.74, 6) is 0. The number of rotatable bonds is 0. The minimum atomic E-state index is 0. The van der Waals surface area contributed by atoms with E-state index in [2.05, 4.69) is 0 Å². The van der Waals surface area contributed by atoms with Gasteiger partial charge in [-0.2, -0.15) is 0 Å². The molecule has 0 rings (SSSR count). The largest absolute Gasteiger partial charge is 0.187 e. The van der Waals surface area contributed by atoms with Crippen molar-refractivity contribution >= 4 is 52.1 Å². The van der Waals surface area contributed by atoms with Crippen LogP contribution < -0.4 is 0 Å². The van der Waals surface area contributed by atoms with E-state index in [1.807, 2.05) is 0 Å². The molecule has 4 heteroatoms. The summed E-state index contributed by atoms with van der Waals surface area (Å²) in [5, 5.41) is 0. The van der Waals surface area contributed by atoms with Crippen molar-refractivity contribution in [2.75, 3.05) is 0 Å². The van der Waals surface area contributed by atoms with Gasteiger partial charge in [0.2, 0.25) is 0 Å². The summed E-state index contributed by atoms with van der Waals surface area (Å²) in [6, 6.07) is 0. The van der Waals surface area contributed by atoms with Gasteiger partial charge in [-0.15, -0.1) is 0 Å². The zero-order valence-corrected chi connectivity index (χ0v) is 3.66. The average Bonchev–Trinajstić information content (AvgIpc) is 0. The average molecular weight is 271 g/mol. The topological polar surface area (TPSA) is 0 Å². The maximum Gasteiger partial charge on any atom is 0.187 e. The van der Waals surface area contributed by atoms with Gasteiger partial charge in [-0.1, -0.05) is 0 Å². The molecule has 0 nitrogen and oxygen atoms in total. The quantitative estimate of drug-likeness (QED) is 0.400. The van der Waals surface area contributed by atoms with E-state index in [-0.39, 0.29) is 74.5 Å². The zero-order valence-electron chi connectivity index (χ0n) is 0.447. The van der Waals surface area contributed by atoms with E-state index in [4.69, 9.17) is 0 Å². The first kappa shape index (κ1) is 33.0. The second kappa shape index (κ2) is 18.4. The Balaban J connectivity index is 0. The molecule has 0 saturated carbocycles. The minimum Gasteiger partial charge on any atom is 0 e. The molecule has 0 bridgehead atoms. The van der Waals surface area contributed by atoms with Gasteiger partial charge in [0.25, 0.3) is 0 Å². The Morgan fingerprint density at radius 3 is 0.500 bits per heavy atom. The maximum atomic E-state index is 0. The molecule has 1 radical (unpaired) electrons. The van der Waals surface area contributed by atoms with Gasteiger partial charge in [-0.25, -0.2) is 0 Å². The monoisotopic (exact) mass is 271 g/mol. The molecule has 0 aliphatic carbocycles. The summed E-state index contributed by atoms with van der Waals surface area (Å²) in [5.41, 5.74) is 0.